The zero-order chi connectivity index (χ0) is 44.3. The normalized spacial score (nSPS) is 18.9. The number of nitrogens with zero attached hydrogens (tertiary/aromatic N) is 6. The van der Waals surface area contributed by atoms with Crippen molar-refractivity contribution in [1.82, 2.24) is 19.2 Å². The first-order valence-electron chi connectivity index (χ1n) is 21.8. The molecular formula is C50H53ClN6O7. The number of piperidine rings is 1. The Hall–Kier alpha value is -6.25. The van der Waals surface area contributed by atoms with Crippen LogP contribution in [-0.2, 0) is 54.9 Å². The molecule has 0 saturated carbocycles. The van der Waals surface area contributed by atoms with Gasteiger partial charge in [-0.2, -0.15) is 5.10 Å². The Balaban J connectivity index is 0.963. The van der Waals surface area contributed by atoms with Crippen LogP contribution in [0.15, 0.2) is 151 Å². The van der Waals surface area contributed by atoms with Gasteiger partial charge in [0.15, 0.2) is 6.10 Å². The fraction of sp³-hybridized carbons (Fsp3) is 0.320. The number of carbonyl (C=O) groups is 2. The molecule has 2 aliphatic heterocycles. The van der Waals surface area contributed by atoms with E-state index >= 15 is 0 Å². The monoisotopic (exact) mass is 884 g/mol. The SMILES string of the molecule is CCCN1C(=O)[C@H](OCc2ccccc2)[C@H](OCc2ccccc2)[C@H](OCc2ccccc2)[C@H]1COC(=O)Cn1ncn(-c2ccc(N3CCN(c4ccc(Cl)cc4)CC3)cc2)c1=O. The fourth-order valence-electron chi connectivity index (χ4n) is 8.25. The topological polar surface area (TPSA) is 121 Å². The molecule has 2 saturated heterocycles. The summed E-state index contributed by atoms with van der Waals surface area (Å²) >= 11 is 6.08. The second-order valence-corrected chi connectivity index (χ2v) is 16.4. The minimum Gasteiger partial charge on any atom is -0.462 e. The Kier molecular flexibility index (Phi) is 14.8. The number of anilines is 2. The Morgan fingerprint density at radius 1 is 0.641 bits per heavy atom. The van der Waals surface area contributed by atoms with Crippen LogP contribution in [0.3, 0.4) is 0 Å². The summed E-state index contributed by atoms with van der Waals surface area (Å²) in [6.07, 6.45) is -0.599. The summed E-state index contributed by atoms with van der Waals surface area (Å²) in [5, 5.41) is 4.97. The third-order valence-electron chi connectivity index (χ3n) is 11.6. The van der Waals surface area contributed by atoms with Crippen molar-refractivity contribution in [2.75, 3.05) is 49.1 Å². The highest BCUT2D eigenvalue weighted by atomic mass is 35.5. The number of aromatic nitrogens is 3. The molecule has 1 aromatic heterocycles. The zero-order valence-electron chi connectivity index (χ0n) is 35.9. The van der Waals surface area contributed by atoms with Crippen LogP contribution in [0.25, 0.3) is 5.69 Å². The average molecular weight is 885 g/mol. The van der Waals surface area contributed by atoms with Crippen LogP contribution in [0.5, 0.6) is 0 Å². The summed E-state index contributed by atoms with van der Waals surface area (Å²) in [7, 11) is 0. The lowest BCUT2D eigenvalue weighted by Gasteiger charge is -2.47. The molecule has 6 aromatic rings. The van der Waals surface area contributed by atoms with E-state index in [4.69, 9.17) is 30.5 Å². The summed E-state index contributed by atoms with van der Waals surface area (Å²) in [4.78, 5) is 48.1. The van der Waals surface area contributed by atoms with Gasteiger partial charge >= 0.3 is 11.7 Å². The van der Waals surface area contributed by atoms with Gasteiger partial charge in [-0.3, -0.25) is 9.59 Å². The maximum absolute atomic E-state index is 14.6. The van der Waals surface area contributed by atoms with Gasteiger partial charge < -0.3 is 33.6 Å². The number of rotatable bonds is 18. The van der Waals surface area contributed by atoms with E-state index in [2.05, 4.69) is 14.9 Å². The van der Waals surface area contributed by atoms with Crippen molar-refractivity contribution in [1.29, 1.82) is 0 Å². The van der Waals surface area contributed by atoms with Gasteiger partial charge in [0.1, 0.15) is 31.7 Å². The number of hydrogen-bond donors (Lipinski definition) is 0. The molecule has 8 rings (SSSR count). The maximum Gasteiger partial charge on any atom is 0.350 e. The van der Waals surface area contributed by atoms with Crippen LogP contribution in [0, 0.1) is 0 Å². The van der Waals surface area contributed by atoms with Gasteiger partial charge in [0.2, 0.25) is 0 Å². The zero-order valence-corrected chi connectivity index (χ0v) is 36.6. The number of likely N-dealkylation sites (tertiary alicyclic amines) is 1. The highest BCUT2D eigenvalue weighted by Crippen LogP contribution is 2.31. The molecule has 0 bridgehead atoms. The minimum absolute atomic E-state index is 0.183. The van der Waals surface area contributed by atoms with E-state index in [9.17, 15) is 14.4 Å². The van der Waals surface area contributed by atoms with Crippen LogP contribution in [0.4, 0.5) is 11.4 Å². The molecule has 2 aliphatic rings. The van der Waals surface area contributed by atoms with E-state index in [1.54, 1.807) is 4.90 Å². The van der Waals surface area contributed by atoms with Crippen LogP contribution >= 0.6 is 11.6 Å². The van der Waals surface area contributed by atoms with Crippen molar-refractivity contribution in [3.63, 3.8) is 0 Å². The van der Waals surface area contributed by atoms with Gasteiger partial charge in [0, 0.05) is 49.1 Å². The Morgan fingerprint density at radius 2 is 1.12 bits per heavy atom. The molecule has 13 nitrogen and oxygen atoms in total. The lowest BCUT2D eigenvalue weighted by atomic mass is 9.92. The van der Waals surface area contributed by atoms with Crippen LogP contribution in [0.1, 0.15) is 30.0 Å². The first-order valence-corrected chi connectivity index (χ1v) is 22.2. The number of ether oxygens (including phenoxy) is 4. The number of piperazine rings is 1. The van der Waals surface area contributed by atoms with E-state index in [-0.39, 0.29) is 32.3 Å². The molecule has 0 radical (unpaired) electrons. The lowest BCUT2D eigenvalue weighted by molar-refractivity contribution is -0.213. The molecule has 64 heavy (non-hydrogen) atoms. The van der Waals surface area contributed by atoms with Crippen molar-refractivity contribution in [3.05, 3.63) is 178 Å². The molecule has 14 heteroatoms. The second kappa shape index (κ2) is 21.4. The predicted octanol–water partition coefficient (Wildman–Crippen LogP) is 6.93. The van der Waals surface area contributed by atoms with E-state index in [1.165, 1.54) is 10.9 Å². The Bertz CT molecular complexity index is 2460. The molecular weight excluding hydrogens is 832 g/mol. The van der Waals surface area contributed by atoms with Gasteiger partial charge in [-0.05, 0) is 71.6 Å². The molecule has 1 amide bonds. The standard InChI is InChI=1S/C50H53ClN6O7/c1-2-26-55-44(46(62-32-37-12-6-3-7-13-37)47(63-33-38-14-8-4-9-15-38)48(49(55)59)64-34-39-16-10-5-11-17-39)35-61-45(58)31-57-50(60)56(36-52-57)43-24-22-42(23-25-43)54-29-27-53(28-30-54)41-20-18-40(51)19-21-41/h3-25,36,44,46-48H,2,26-35H2,1H3/t44-,46-,47-,48-/m1/s1. The molecule has 3 heterocycles. The van der Waals surface area contributed by atoms with Crippen LogP contribution in [0.2, 0.25) is 5.02 Å². The number of benzene rings is 5. The Morgan fingerprint density at radius 3 is 1.66 bits per heavy atom. The molecule has 0 aliphatic carbocycles. The van der Waals surface area contributed by atoms with E-state index in [0.717, 1.165) is 63.9 Å². The van der Waals surface area contributed by atoms with E-state index in [0.29, 0.717) is 18.7 Å². The predicted molar refractivity (Wildman–Crippen MR) is 246 cm³/mol. The molecule has 0 unspecified atom stereocenters. The summed E-state index contributed by atoms with van der Waals surface area (Å²) in [6.45, 7) is 5.74. The third-order valence-corrected chi connectivity index (χ3v) is 11.9. The number of halogens is 1. The third kappa shape index (κ3) is 10.9. The highest BCUT2D eigenvalue weighted by molar-refractivity contribution is 6.30. The average Bonchev–Trinajstić information content (AvgIpc) is 3.70. The summed E-state index contributed by atoms with van der Waals surface area (Å²) < 4.78 is 28.2. The fourth-order valence-corrected chi connectivity index (χ4v) is 8.38. The van der Waals surface area contributed by atoms with Gasteiger partial charge in [-0.1, -0.05) is 110 Å². The number of amides is 1. The minimum atomic E-state index is -1.01. The van der Waals surface area contributed by atoms with Gasteiger partial charge in [0.25, 0.3) is 5.91 Å². The van der Waals surface area contributed by atoms with E-state index < -0.39 is 42.6 Å². The first kappa shape index (κ1) is 44.4. The second-order valence-electron chi connectivity index (χ2n) is 15.9. The van der Waals surface area contributed by atoms with Crippen molar-refractivity contribution in [3.8, 4) is 5.69 Å². The van der Waals surface area contributed by atoms with Crippen molar-refractivity contribution in [2.24, 2.45) is 0 Å². The highest BCUT2D eigenvalue weighted by Gasteiger charge is 2.51. The first-order chi connectivity index (χ1) is 31.3. The quantitative estimate of drug-likeness (QED) is 0.0841. The van der Waals surface area contributed by atoms with Crippen molar-refractivity contribution in [2.45, 2.75) is 64.1 Å². The van der Waals surface area contributed by atoms with Crippen LogP contribution in [-0.4, -0.2) is 94.8 Å². The summed E-state index contributed by atoms with van der Waals surface area (Å²) in [5.41, 5.74) is 5.09. The molecule has 5 aromatic carbocycles. The van der Waals surface area contributed by atoms with Crippen molar-refractivity contribution < 1.29 is 28.5 Å². The number of esters is 1. The molecule has 2 fully saturated rings. The lowest BCUT2D eigenvalue weighted by Crippen LogP contribution is -2.67. The van der Waals surface area contributed by atoms with Gasteiger partial charge in [-0.25, -0.2) is 14.0 Å². The summed E-state index contributed by atoms with van der Waals surface area (Å²) in [6, 6.07) is 44.0. The van der Waals surface area contributed by atoms with Gasteiger partial charge in [0.05, 0.1) is 31.5 Å². The van der Waals surface area contributed by atoms with Gasteiger partial charge in [-0.15, -0.1) is 0 Å². The number of hydrogen-bond acceptors (Lipinski definition) is 10. The van der Waals surface area contributed by atoms with Crippen LogP contribution < -0.4 is 15.5 Å². The molecule has 0 spiro atoms. The van der Waals surface area contributed by atoms with E-state index in [1.807, 2.05) is 146 Å². The molecule has 4 atom stereocenters. The Labute approximate surface area is 378 Å². The largest absolute Gasteiger partial charge is 0.462 e. The molecule has 0 N–H and O–H groups in total. The molecule has 332 valence electrons. The number of carbonyl (C=O) groups excluding carboxylic acids is 2. The van der Waals surface area contributed by atoms with Crippen molar-refractivity contribution >= 4 is 34.9 Å². The maximum atomic E-state index is 14.6. The summed E-state index contributed by atoms with van der Waals surface area (Å²) in [5.74, 6) is -0.965. The smallest absolute Gasteiger partial charge is 0.350 e.